The van der Waals surface area contributed by atoms with E-state index in [0.717, 1.165) is 13.0 Å². The van der Waals surface area contributed by atoms with Gasteiger partial charge in [-0.2, -0.15) is 0 Å². The van der Waals surface area contributed by atoms with E-state index in [2.05, 4.69) is 17.1 Å². The van der Waals surface area contributed by atoms with Gasteiger partial charge in [-0.3, -0.25) is 0 Å². The number of carbonyl (C=O) groups excluding carboxylic acids is 1. The van der Waals surface area contributed by atoms with Gasteiger partial charge in [-0.1, -0.05) is 6.92 Å². The quantitative estimate of drug-likeness (QED) is 0.730. The highest BCUT2D eigenvalue weighted by atomic mass is 16.6. The van der Waals surface area contributed by atoms with Gasteiger partial charge in [-0.15, -0.1) is 0 Å². The molecule has 2 saturated heterocycles. The molecular formula is C10H18N2O2. The minimum absolute atomic E-state index is 0.115. The van der Waals surface area contributed by atoms with E-state index in [1.165, 1.54) is 19.5 Å². The van der Waals surface area contributed by atoms with E-state index in [1.54, 1.807) is 0 Å². The van der Waals surface area contributed by atoms with Crippen LogP contribution in [0.2, 0.25) is 0 Å². The van der Waals surface area contributed by atoms with Gasteiger partial charge in [0.1, 0.15) is 6.10 Å². The number of nitrogens with one attached hydrogen (secondary N) is 1. The largest absolute Gasteiger partial charge is 0.444 e. The third-order valence-corrected chi connectivity index (χ3v) is 3.16. The van der Waals surface area contributed by atoms with Gasteiger partial charge in [0, 0.05) is 6.54 Å². The van der Waals surface area contributed by atoms with Crippen molar-refractivity contribution in [3.63, 3.8) is 0 Å². The predicted octanol–water partition coefficient (Wildman–Crippen LogP) is 0.827. The van der Waals surface area contributed by atoms with E-state index in [4.69, 9.17) is 4.74 Å². The molecule has 4 nitrogen and oxygen atoms in total. The van der Waals surface area contributed by atoms with Crippen LogP contribution < -0.4 is 5.32 Å². The second kappa shape index (κ2) is 4.17. The summed E-state index contributed by atoms with van der Waals surface area (Å²) in [6.45, 7) is 6.40. The van der Waals surface area contributed by atoms with Gasteiger partial charge in [0.2, 0.25) is 0 Å². The normalized spacial score (nSPS) is 33.1. The lowest BCUT2D eigenvalue weighted by Gasteiger charge is -2.15. The van der Waals surface area contributed by atoms with Crippen LogP contribution in [0, 0.1) is 5.92 Å². The van der Waals surface area contributed by atoms with Crippen molar-refractivity contribution in [1.82, 2.24) is 10.2 Å². The number of rotatable bonds is 3. The summed E-state index contributed by atoms with van der Waals surface area (Å²) >= 11 is 0. The molecule has 14 heavy (non-hydrogen) atoms. The molecule has 2 aliphatic heterocycles. The average molecular weight is 198 g/mol. The van der Waals surface area contributed by atoms with Crippen LogP contribution in [0.1, 0.15) is 19.8 Å². The zero-order chi connectivity index (χ0) is 9.97. The molecule has 0 spiro atoms. The number of likely N-dealkylation sites (tertiary alicyclic amines) is 1. The Morgan fingerprint density at radius 2 is 2.50 bits per heavy atom. The molecule has 0 radical (unpaired) electrons. The first kappa shape index (κ1) is 9.77. The van der Waals surface area contributed by atoms with Crippen LogP contribution in [-0.2, 0) is 4.74 Å². The Labute approximate surface area is 84.6 Å². The van der Waals surface area contributed by atoms with Crippen molar-refractivity contribution in [1.29, 1.82) is 0 Å². The van der Waals surface area contributed by atoms with E-state index in [0.29, 0.717) is 12.5 Å². The third-order valence-electron chi connectivity index (χ3n) is 3.16. The zero-order valence-electron chi connectivity index (χ0n) is 8.66. The van der Waals surface area contributed by atoms with Crippen molar-refractivity contribution in [3.05, 3.63) is 0 Å². The van der Waals surface area contributed by atoms with Gasteiger partial charge >= 0.3 is 6.09 Å². The number of hydrogen-bond acceptors (Lipinski definition) is 3. The van der Waals surface area contributed by atoms with Crippen molar-refractivity contribution in [3.8, 4) is 0 Å². The maximum Gasteiger partial charge on any atom is 0.407 e. The van der Waals surface area contributed by atoms with Gasteiger partial charge in [-0.05, 0) is 31.8 Å². The second-order valence-electron chi connectivity index (χ2n) is 4.19. The molecule has 0 bridgehead atoms. The first-order chi connectivity index (χ1) is 6.78. The van der Waals surface area contributed by atoms with Crippen LogP contribution in [0.25, 0.3) is 0 Å². The van der Waals surface area contributed by atoms with Crippen LogP contribution in [0.3, 0.4) is 0 Å². The van der Waals surface area contributed by atoms with Crippen LogP contribution in [0.5, 0.6) is 0 Å². The maximum atomic E-state index is 10.8. The number of nitrogens with zero attached hydrogens (tertiary/aromatic N) is 1. The summed E-state index contributed by atoms with van der Waals surface area (Å²) in [6.07, 6.45) is 2.14. The fourth-order valence-electron chi connectivity index (χ4n) is 2.33. The van der Waals surface area contributed by atoms with Crippen LogP contribution >= 0.6 is 0 Å². The Morgan fingerprint density at radius 3 is 3.07 bits per heavy atom. The fourth-order valence-corrected chi connectivity index (χ4v) is 2.33. The minimum Gasteiger partial charge on any atom is -0.444 e. The summed E-state index contributed by atoms with van der Waals surface area (Å²) in [5.41, 5.74) is 0. The van der Waals surface area contributed by atoms with Crippen molar-refractivity contribution < 1.29 is 9.53 Å². The Balaban J connectivity index is 1.73. The van der Waals surface area contributed by atoms with Gasteiger partial charge < -0.3 is 15.0 Å². The summed E-state index contributed by atoms with van der Waals surface area (Å²) in [6, 6.07) is 0. The molecule has 0 aromatic rings. The molecule has 80 valence electrons. The van der Waals surface area contributed by atoms with Crippen molar-refractivity contribution in [2.45, 2.75) is 25.9 Å². The molecule has 1 N–H and O–H groups in total. The summed E-state index contributed by atoms with van der Waals surface area (Å²) in [5, 5.41) is 2.69. The van der Waals surface area contributed by atoms with Gasteiger partial charge in [-0.25, -0.2) is 4.79 Å². The highest BCUT2D eigenvalue weighted by Crippen LogP contribution is 2.22. The molecule has 2 rings (SSSR count). The van der Waals surface area contributed by atoms with Crippen LogP contribution in [0.15, 0.2) is 0 Å². The molecule has 2 aliphatic rings. The van der Waals surface area contributed by atoms with Crippen molar-refractivity contribution in [2.75, 3.05) is 26.2 Å². The Morgan fingerprint density at radius 1 is 1.64 bits per heavy atom. The Hall–Kier alpha value is -0.770. The zero-order valence-corrected chi connectivity index (χ0v) is 8.66. The smallest absolute Gasteiger partial charge is 0.407 e. The highest BCUT2D eigenvalue weighted by molar-refractivity contribution is 5.69. The lowest BCUT2D eigenvalue weighted by atomic mass is 10.0. The number of alkyl carbamates (subject to hydrolysis) is 1. The standard InChI is InChI=1S/C10H18N2O2/c1-2-12-4-3-8(7-12)5-9-6-11-10(13)14-9/h8-9H,2-7H2,1H3,(H,11,13). The van der Waals surface area contributed by atoms with Gasteiger partial charge in [0.25, 0.3) is 0 Å². The third kappa shape index (κ3) is 2.18. The number of hydrogen-bond donors (Lipinski definition) is 1. The molecule has 2 atom stereocenters. The predicted molar refractivity (Wildman–Crippen MR) is 53.1 cm³/mol. The summed E-state index contributed by atoms with van der Waals surface area (Å²) in [5.74, 6) is 0.715. The van der Waals surface area contributed by atoms with E-state index in [-0.39, 0.29) is 12.2 Å². The van der Waals surface area contributed by atoms with E-state index >= 15 is 0 Å². The molecule has 0 aliphatic carbocycles. The second-order valence-corrected chi connectivity index (χ2v) is 4.19. The van der Waals surface area contributed by atoms with Gasteiger partial charge in [0.15, 0.2) is 0 Å². The number of cyclic esters (lactones) is 1. The number of amides is 1. The summed E-state index contributed by atoms with van der Waals surface area (Å²) in [4.78, 5) is 13.3. The lowest BCUT2D eigenvalue weighted by Crippen LogP contribution is -2.22. The Kier molecular flexibility index (Phi) is 2.91. The summed E-state index contributed by atoms with van der Waals surface area (Å²) < 4.78 is 5.12. The first-order valence-electron chi connectivity index (χ1n) is 5.44. The van der Waals surface area contributed by atoms with E-state index in [1.807, 2.05) is 0 Å². The molecular weight excluding hydrogens is 180 g/mol. The molecule has 0 saturated carbocycles. The molecule has 1 amide bonds. The molecule has 2 unspecified atom stereocenters. The van der Waals surface area contributed by atoms with Crippen molar-refractivity contribution in [2.24, 2.45) is 5.92 Å². The fraction of sp³-hybridized carbons (Fsp3) is 0.900. The number of ether oxygens (including phenoxy) is 1. The monoisotopic (exact) mass is 198 g/mol. The number of carbonyl (C=O) groups is 1. The molecule has 4 heteroatoms. The van der Waals surface area contributed by atoms with E-state index < -0.39 is 0 Å². The molecule has 0 aromatic heterocycles. The highest BCUT2D eigenvalue weighted by Gasteiger charge is 2.29. The SMILES string of the molecule is CCN1CCC(CC2CNC(=O)O2)C1. The molecule has 2 heterocycles. The van der Waals surface area contributed by atoms with Crippen LogP contribution in [-0.4, -0.2) is 43.3 Å². The maximum absolute atomic E-state index is 10.8. The van der Waals surface area contributed by atoms with Gasteiger partial charge in [0.05, 0.1) is 6.54 Å². The first-order valence-corrected chi connectivity index (χ1v) is 5.44. The average Bonchev–Trinajstić information content (AvgIpc) is 2.76. The molecule has 2 fully saturated rings. The lowest BCUT2D eigenvalue weighted by molar-refractivity contribution is 0.125. The summed E-state index contributed by atoms with van der Waals surface area (Å²) in [7, 11) is 0. The minimum atomic E-state index is -0.250. The topological polar surface area (TPSA) is 41.6 Å². The Bertz CT molecular complexity index is 220. The van der Waals surface area contributed by atoms with E-state index in [9.17, 15) is 4.79 Å². The molecule has 0 aromatic carbocycles. The van der Waals surface area contributed by atoms with Crippen LogP contribution in [0.4, 0.5) is 4.79 Å². The van der Waals surface area contributed by atoms with Crippen molar-refractivity contribution >= 4 is 6.09 Å².